The molecule has 12 heteroatoms. The largest absolute Gasteiger partial charge is 0.480 e. The number of H-pyrrole nitrogens is 1. The molecular formula is C20H19Cl2N3O6S. The average Bonchev–Trinajstić information content (AvgIpc) is 2.67. The highest BCUT2D eigenvalue weighted by Crippen LogP contribution is 2.19. The summed E-state index contributed by atoms with van der Waals surface area (Å²) in [5, 5.41) is 18.6. The van der Waals surface area contributed by atoms with Crippen molar-refractivity contribution >= 4 is 71.0 Å². The van der Waals surface area contributed by atoms with Crippen LogP contribution in [0.5, 0.6) is 0 Å². The minimum Gasteiger partial charge on any atom is -0.480 e. The van der Waals surface area contributed by atoms with E-state index in [0.29, 0.717) is 20.9 Å². The van der Waals surface area contributed by atoms with Crippen LogP contribution in [0.1, 0.15) is 27.3 Å². The lowest BCUT2D eigenvalue weighted by Crippen LogP contribution is -2.32. The Bertz CT molecular complexity index is 1230. The van der Waals surface area contributed by atoms with Crippen LogP contribution in [0.2, 0.25) is 10.0 Å². The standard InChI is InChI=1S/C10H11ClN2O3.C10H6ClNO3.H2S/c11-5-1-2-6(7(12)3-5)9(14)4-8(13)10(15)16;11-5-1-2-6-7(3-5)12-8(10(14)15)4-9(6)13;/h1-3,8H,4,12-13H2,(H,15,16);1-4H,(H,12,13)(H,14,15);1H2/t8-;;/m1../s1. The van der Waals surface area contributed by atoms with Gasteiger partial charge in [0.1, 0.15) is 11.7 Å². The van der Waals surface area contributed by atoms with Crippen molar-refractivity contribution in [1.82, 2.24) is 4.98 Å². The number of pyridine rings is 1. The number of Topliss-reactive ketones (excluding diaryl/α,β-unsaturated/α-hetero) is 1. The molecule has 0 radical (unpaired) electrons. The molecule has 0 bridgehead atoms. The molecule has 3 aromatic rings. The van der Waals surface area contributed by atoms with Gasteiger partial charge in [-0.1, -0.05) is 23.2 Å². The van der Waals surface area contributed by atoms with Crippen molar-refractivity contribution in [1.29, 1.82) is 0 Å². The van der Waals surface area contributed by atoms with Crippen molar-refractivity contribution < 1.29 is 24.6 Å². The van der Waals surface area contributed by atoms with Crippen molar-refractivity contribution in [2.45, 2.75) is 12.5 Å². The number of fused-ring (bicyclic) bond motifs is 1. The third-order valence-corrected chi connectivity index (χ3v) is 4.53. The number of nitrogen functional groups attached to an aromatic ring is 1. The maximum Gasteiger partial charge on any atom is 0.352 e. The number of nitrogens with one attached hydrogen (secondary N) is 1. The Morgan fingerprint density at radius 2 is 1.59 bits per heavy atom. The molecule has 2 aromatic carbocycles. The summed E-state index contributed by atoms with van der Waals surface area (Å²) in [7, 11) is 0. The first-order chi connectivity index (χ1) is 14.5. The Balaban J connectivity index is 0.000000311. The summed E-state index contributed by atoms with van der Waals surface area (Å²) in [5.74, 6) is -2.81. The maximum atomic E-state index is 11.6. The lowest BCUT2D eigenvalue weighted by Gasteiger charge is -2.07. The molecule has 0 spiro atoms. The van der Waals surface area contributed by atoms with Gasteiger partial charge in [-0.05, 0) is 36.4 Å². The van der Waals surface area contributed by atoms with Crippen LogP contribution in [0.15, 0.2) is 47.3 Å². The SMILES string of the molecule is Nc1cc(Cl)ccc1C(=O)C[C@@H](N)C(=O)O.O=C(O)c1cc(=O)c2ccc(Cl)cc2[nH]1.S. The van der Waals surface area contributed by atoms with Crippen LogP contribution in [0.4, 0.5) is 5.69 Å². The lowest BCUT2D eigenvalue weighted by atomic mass is 10.0. The normalized spacial score (nSPS) is 11.0. The molecule has 1 atom stereocenters. The number of hydrogen-bond donors (Lipinski definition) is 5. The molecule has 1 heterocycles. The van der Waals surface area contributed by atoms with Crippen LogP contribution < -0.4 is 16.9 Å². The van der Waals surface area contributed by atoms with Crippen LogP contribution in [0.25, 0.3) is 10.9 Å². The Kier molecular flexibility index (Phi) is 9.73. The molecule has 0 saturated heterocycles. The molecule has 0 aliphatic carbocycles. The van der Waals surface area contributed by atoms with Gasteiger partial charge < -0.3 is 26.7 Å². The number of anilines is 1. The summed E-state index contributed by atoms with van der Waals surface area (Å²) < 4.78 is 0. The number of aromatic amines is 1. The van der Waals surface area contributed by atoms with Gasteiger partial charge in [0, 0.05) is 39.2 Å². The Morgan fingerprint density at radius 1 is 1.00 bits per heavy atom. The summed E-state index contributed by atoms with van der Waals surface area (Å²) in [4.78, 5) is 46.9. The molecule has 32 heavy (non-hydrogen) atoms. The second kappa shape index (κ2) is 11.5. The van der Waals surface area contributed by atoms with Gasteiger partial charge in [-0.15, -0.1) is 0 Å². The van der Waals surface area contributed by atoms with E-state index in [2.05, 4.69) is 4.98 Å². The number of aromatic nitrogens is 1. The Labute approximate surface area is 198 Å². The van der Waals surface area contributed by atoms with Gasteiger partial charge in [-0.25, -0.2) is 4.79 Å². The van der Waals surface area contributed by atoms with Gasteiger partial charge in [0.05, 0.1) is 5.52 Å². The summed E-state index contributed by atoms with van der Waals surface area (Å²) in [5.41, 5.74) is 11.2. The minimum atomic E-state index is -1.22. The summed E-state index contributed by atoms with van der Waals surface area (Å²) in [6, 6.07) is 8.89. The van der Waals surface area contributed by atoms with Gasteiger partial charge >= 0.3 is 11.9 Å². The van der Waals surface area contributed by atoms with E-state index in [1.165, 1.54) is 24.3 Å². The van der Waals surface area contributed by atoms with E-state index < -0.39 is 23.8 Å². The van der Waals surface area contributed by atoms with Crippen molar-refractivity contribution in [2.75, 3.05) is 5.73 Å². The third kappa shape index (κ3) is 6.99. The van der Waals surface area contributed by atoms with E-state index in [0.717, 1.165) is 6.07 Å². The molecule has 0 amide bonds. The van der Waals surface area contributed by atoms with Gasteiger partial charge in [0.2, 0.25) is 0 Å². The minimum absolute atomic E-state index is 0. The number of hydrogen-bond acceptors (Lipinski definition) is 6. The first kappa shape index (κ1) is 27.0. The predicted octanol–water partition coefficient (Wildman–Crippen LogP) is 2.90. The summed E-state index contributed by atoms with van der Waals surface area (Å²) >= 11 is 11.4. The van der Waals surface area contributed by atoms with Crippen LogP contribution in [0, 0.1) is 0 Å². The second-order valence-electron chi connectivity index (χ2n) is 6.35. The summed E-state index contributed by atoms with van der Waals surface area (Å²) in [6.07, 6.45) is -0.291. The van der Waals surface area contributed by atoms with Crippen molar-refractivity contribution in [3.63, 3.8) is 0 Å². The zero-order chi connectivity index (χ0) is 23.3. The highest BCUT2D eigenvalue weighted by atomic mass is 35.5. The van der Waals surface area contributed by atoms with Crippen LogP contribution in [-0.2, 0) is 4.79 Å². The maximum absolute atomic E-state index is 11.6. The first-order valence-electron chi connectivity index (χ1n) is 8.62. The van der Waals surface area contributed by atoms with Crippen molar-refractivity contribution in [3.8, 4) is 0 Å². The molecule has 3 rings (SSSR count). The fourth-order valence-corrected chi connectivity index (χ4v) is 2.88. The van der Waals surface area contributed by atoms with Crippen LogP contribution in [0.3, 0.4) is 0 Å². The molecule has 0 saturated carbocycles. The molecular weight excluding hydrogens is 481 g/mol. The number of carbonyl (C=O) groups excluding carboxylic acids is 1. The fraction of sp³-hybridized carbons (Fsp3) is 0.100. The van der Waals surface area contributed by atoms with Gasteiger partial charge in [-0.3, -0.25) is 14.4 Å². The molecule has 9 nitrogen and oxygen atoms in total. The van der Waals surface area contributed by atoms with E-state index in [-0.39, 0.29) is 42.3 Å². The number of aliphatic carboxylic acids is 1. The number of halogens is 2. The fourth-order valence-electron chi connectivity index (χ4n) is 2.52. The Morgan fingerprint density at radius 3 is 2.16 bits per heavy atom. The molecule has 0 fully saturated rings. The number of nitrogens with two attached hydrogens (primary N) is 2. The lowest BCUT2D eigenvalue weighted by molar-refractivity contribution is -0.138. The molecule has 0 aliphatic heterocycles. The molecule has 0 aliphatic rings. The van der Waals surface area contributed by atoms with E-state index in [4.69, 9.17) is 44.9 Å². The number of aromatic carboxylic acids is 1. The molecule has 170 valence electrons. The molecule has 7 N–H and O–H groups in total. The smallest absolute Gasteiger partial charge is 0.352 e. The number of carboxylic acids is 2. The topological polar surface area (TPSA) is 177 Å². The number of rotatable bonds is 5. The monoisotopic (exact) mass is 499 g/mol. The van der Waals surface area contributed by atoms with Gasteiger partial charge in [-0.2, -0.15) is 13.5 Å². The van der Waals surface area contributed by atoms with E-state index in [1.54, 1.807) is 12.1 Å². The highest BCUT2D eigenvalue weighted by molar-refractivity contribution is 7.59. The summed E-state index contributed by atoms with van der Waals surface area (Å²) in [6.45, 7) is 0. The average molecular weight is 500 g/mol. The zero-order valence-electron chi connectivity index (χ0n) is 16.3. The van der Waals surface area contributed by atoms with Gasteiger partial charge in [0.15, 0.2) is 11.2 Å². The van der Waals surface area contributed by atoms with Crippen molar-refractivity contribution in [2.24, 2.45) is 5.73 Å². The molecule has 1 aromatic heterocycles. The zero-order valence-corrected chi connectivity index (χ0v) is 18.8. The van der Waals surface area contributed by atoms with E-state index in [9.17, 15) is 19.2 Å². The van der Waals surface area contributed by atoms with Crippen molar-refractivity contribution in [3.05, 3.63) is 74.0 Å². The number of benzene rings is 2. The highest BCUT2D eigenvalue weighted by Gasteiger charge is 2.19. The molecule has 0 unspecified atom stereocenters. The first-order valence-corrected chi connectivity index (χ1v) is 9.37. The number of ketones is 1. The van der Waals surface area contributed by atoms with E-state index in [1.807, 2.05) is 0 Å². The van der Waals surface area contributed by atoms with Crippen LogP contribution >= 0.6 is 36.7 Å². The number of carboxylic acid groups (broad SMARTS) is 2. The third-order valence-electron chi connectivity index (χ3n) is 4.06. The number of carbonyl (C=O) groups is 3. The Hall–Kier alpha value is -3.05. The quantitative estimate of drug-likeness (QED) is 0.262. The van der Waals surface area contributed by atoms with Gasteiger partial charge in [0.25, 0.3) is 0 Å². The van der Waals surface area contributed by atoms with Crippen LogP contribution in [-0.4, -0.2) is 39.0 Å². The second-order valence-corrected chi connectivity index (χ2v) is 7.22. The van der Waals surface area contributed by atoms with E-state index >= 15 is 0 Å². The predicted molar refractivity (Wildman–Crippen MR) is 127 cm³/mol.